The highest BCUT2D eigenvalue weighted by Crippen LogP contribution is 2.23. The minimum atomic E-state index is -0.204. The second-order valence-corrected chi connectivity index (χ2v) is 5.14. The van der Waals surface area contributed by atoms with Crippen LogP contribution in [0, 0.1) is 11.7 Å². The molecule has 0 radical (unpaired) electrons. The van der Waals surface area contributed by atoms with Crippen LogP contribution in [0.1, 0.15) is 18.1 Å². The molecule has 1 aromatic rings. The molecule has 0 bridgehead atoms. The van der Waals surface area contributed by atoms with Crippen molar-refractivity contribution in [2.24, 2.45) is 5.92 Å². The van der Waals surface area contributed by atoms with Crippen LogP contribution < -0.4 is 0 Å². The molecule has 94 valence electrons. The van der Waals surface area contributed by atoms with Gasteiger partial charge in [-0.25, -0.2) is 4.39 Å². The zero-order valence-corrected chi connectivity index (χ0v) is 11.7. The molecule has 1 aromatic carbocycles. The van der Waals surface area contributed by atoms with Crippen molar-refractivity contribution in [2.45, 2.75) is 12.5 Å². The van der Waals surface area contributed by atoms with Crippen molar-refractivity contribution in [1.29, 1.82) is 0 Å². The van der Waals surface area contributed by atoms with Crippen LogP contribution in [0.4, 0.5) is 4.39 Å². The van der Waals surface area contributed by atoms with Crippen molar-refractivity contribution in [3.05, 3.63) is 35.6 Å². The molecule has 0 spiro atoms. The number of benzene rings is 1. The molecule has 2 atom stereocenters. The molecule has 4 heteroatoms. The quantitative estimate of drug-likeness (QED) is 0.599. The second-order valence-electron chi connectivity index (χ2n) is 4.26. The van der Waals surface area contributed by atoms with Crippen molar-refractivity contribution >= 4 is 22.6 Å². The average Bonchev–Trinajstić information content (AvgIpc) is 2.85. The first-order chi connectivity index (χ1) is 8.29. The minimum Gasteiger partial charge on any atom is -0.381 e. The zero-order valence-electron chi connectivity index (χ0n) is 9.57. The van der Waals surface area contributed by atoms with Gasteiger partial charge in [-0.3, -0.25) is 0 Å². The number of halogens is 2. The van der Waals surface area contributed by atoms with E-state index in [0.717, 1.165) is 36.2 Å². The van der Waals surface area contributed by atoms with Crippen molar-refractivity contribution in [2.75, 3.05) is 24.2 Å². The molecule has 1 aliphatic rings. The first kappa shape index (κ1) is 13.2. The lowest BCUT2D eigenvalue weighted by Gasteiger charge is -2.18. The van der Waals surface area contributed by atoms with Crippen molar-refractivity contribution in [1.82, 2.24) is 0 Å². The lowest BCUT2D eigenvalue weighted by atomic mass is 10.1. The Hall–Kier alpha value is -0.200. The van der Waals surface area contributed by atoms with Gasteiger partial charge >= 0.3 is 0 Å². The largest absolute Gasteiger partial charge is 0.381 e. The lowest BCUT2D eigenvalue weighted by molar-refractivity contribution is 0.0401. The Balaban J connectivity index is 1.89. The predicted molar refractivity (Wildman–Crippen MR) is 72.9 cm³/mol. The highest BCUT2D eigenvalue weighted by Gasteiger charge is 2.18. The summed E-state index contributed by atoms with van der Waals surface area (Å²) in [7, 11) is 0. The molecule has 1 aliphatic heterocycles. The summed E-state index contributed by atoms with van der Waals surface area (Å²) in [5.41, 5.74) is 1.04. The zero-order chi connectivity index (χ0) is 12.1. The van der Waals surface area contributed by atoms with Gasteiger partial charge in [0.15, 0.2) is 0 Å². The molecular formula is C13H16FIO2. The molecule has 2 rings (SSSR count). The van der Waals surface area contributed by atoms with Crippen molar-refractivity contribution in [3.63, 3.8) is 0 Å². The standard InChI is InChI=1S/C13H16FIO2/c14-12-3-1-11(2-4-12)13(7-15)17-9-10-5-6-16-8-10/h1-4,10,13H,5-9H2. The summed E-state index contributed by atoms with van der Waals surface area (Å²) in [6.45, 7) is 2.38. The van der Waals surface area contributed by atoms with Gasteiger partial charge in [0.05, 0.1) is 19.3 Å². The smallest absolute Gasteiger partial charge is 0.123 e. The number of alkyl halides is 1. The molecule has 17 heavy (non-hydrogen) atoms. The van der Waals surface area contributed by atoms with Crippen LogP contribution in [0.5, 0.6) is 0 Å². The lowest BCUT2D eigenvalue weighted by Crippen LogP contribution is -2.14. The highest BCUT2D eigenvalue weighted by atomic mass is 127. The summed E-state index contributed by atoms with van der Waals surface area (Å²) < 4.78 is 24.9. The molecule has 0 amide bonds. The number of hydrogen-bond acceptors (Lipinski definition) is 2. The summed E-state index contributed by atoms with van der Waals surface area (Å²) in [4.78, 5) is 0. The molecule has 1 saturated heterocycles. The van der Waals surface area contributed by atoms with Crippen LogP contribution in [0.3, 0.4) is 0 Å². The number of hydrogen-bond donors (Lipinski definition) is 0. The minimum absolute atomic E-state index is 0.0526. The van der Waals surface area contributed by atoms with Crippen LogP contribution >= 0.6 is 22.6 Å². The summed E-state index contributed by atoms with van der Waals surface area (Å²) in [5, 5.41) is 0. The Morgan fingerprint density at radius 3 is 2.76 bits per heavy atom. The summed E-state index contributed by atoms with van der Waals surface area (Å²) in [6, 6.07) is 6.56. The van der Waals surface area contributed by atoms with E-state index in [1.807, 2.05) is 0 Å². The Bertz CT molecular complexity index is 336. The van der Waals surface area contributed by atoms with E-state index in [-0.39, 0.29) is 11.9 Å². The van der Waals surface area contributed by atoms with E-state index in [1.54, 1.807) is 12.1 Å². The maximum absolute atomic E-state index is 12.8. The third-order valence-electron chi connectivity index (χ3n) is 2.94. The van der Waals surface area contributed by atoms with Gasteiger partial charge in [-0.05, 0) is 24.1 Å². The van der Waals surface area contributed by atoms with E-state index in [1.165, 1.54) is 12.1 Å². The molecule has 2 nitrogen and oxygen atoms in total. The van der Waals surface area contributed by atoms with E-state index in [4.69, 9.17) is 9.47 Å². The Kier molecular flexibility index (Phi) is 5.18. The van der Waals surface area contributed by atoms with Crippen LogP contribution in [0.2, 0.25) is 0 Å². The second kappa shape index (κ2) is 6.66. The van der Waals surface area contributed by atoms with Gasteiger partial charge in [0, 0.05) is 17.0 Å². The van der Waals surface area contributed by atoms with Crippen molar-refractivity contribution < 1.29 is 13.9 Å². The number of rotatable bonds is 5. The Labute approximate surface area is 115 Å². The fourth-order valence-electron chi connectivity index (χ4n) is 1.87. The fraction of sp³-hybridized carbons (Fsp3) is 0.538. The molecule has 2 unspecified atom stereocenters. The molecule has 0 aliphatic carbocycles. The van der Waals surface area contributed by atoms with E-state index in [0.29, 0.717) is 5.92 Å². The predicted octanol–water partition coefficient (Wildman–Crippen LogP) is 3.35. The van der Waals surface area contributed by atoms with Gasteiger partial charge in [-0.2, -0.15) is 0 Å². The van der Waals surface area contributed by atoms with Gasteiger partial charge in [0.25, 0.3) is 0 Å². The monoisotopic (exact) mass is 350 g/mol. The van der Waals surface area contributed by atoms with Gasteiger partial charge < -0.3 is 9.47 Å². The fourth-order valence-corrected chi connectivity index (χ4v) is 2.64. The third-order valence-corrected chi connectivity index (χ3v) is 3.74. The van der Waals surface area contributed by atoms with Gasteiger partial charge in [0.1, 0.15) is 5.82 Å². The molecule has 0 saturated carbocycles. The van der Waals surface area contributed by atoms with Gasteiger partial charge in [-0.15, -0.1) is 0 Å². The van der Waals surface area contributed by atoms with E-state index >= 15 is 0 Å². The molecular weight excluding hydrogens is 334 g/mol. The third kappa shape index (κ3) is 3.89. The van der Waals surface area contributed by atoms with E-state index < -0.39 is 0 Å². The first-order valence-electron chi connectivity index (χ1n) is 5.80. The molecule has 0 N–H and O–H groups in total. The van der Waals surface area contributed by atoms with Crippen LogP contribution in [0.25, 0.3) is 0 Å². The van der Waals surface area contributed by atoms with Crippen molar-refractivity contribution in [3.8, 4) is 0 Å². The Morgan fingerprint density at radius 2 is 2.18 bits per heavy atom. The van der Waals surface area contributed by atoms with Gasteiger partial charge in [-0.1, -0.05) is 34.7 Å². The highest BCUT2D eigenvalue weighted by molar-refractivity contribution is 14.1. The van der Waals surface area contributed by atoms with Crippen LogP contribution in [-0.4, -0.2) is 24.2 Å². The summed E-state index contributed by atoms with van der Waals surface area (Å²) >= 11 is 2.30. The van der Waals surface area contributed by atoms with E-state index in [9.17, 15) is 4.39 Å². The maximum atomic E-state index is 12.8. The average molecular weight is 350 g/mol. The molecule has 1 fully saturated rings. The first-order valence-corrected chi connectivity index (χ1v) is 7.33. The molecule has 1 heterocycles. The molecule has 0 aromatic heterocycles. The Morgan fingerprint density at radius 1 is 1.41 bits per heavy atom. The topological polar surface area (TPSA) is 18.5 Å². The number of ether oxygens (including phenoxy) is 2. The normalized spacial score (nSPS) is 21.6. The maximum Gasteiger partial charge on any atom is 0.123 e. The summed E-state index contributed by atoms with van der Waals surface area (Å²) in [5.74, 6) is 0.311. The SMILES string of the molecule is Fc1ccc(C(CI)OCC2CCOC2)cc1. The van der Waals surface area contributed by atoms with Crippen LogP contribution in [0.15, 0.2) is 24.3 Å². The summed E-state index contributed by atoms with van der Waals surface area (Å²) in [6.07, 6.45) is 1.13. The van der Waals surface area contributed by atoms with Gasteiger partial charge in [0.2, 0.25) is 0 Å². The van der Waals surface area contributed by atoms with E-state index in [2.05, 4.69) is 22.6 Å². The van der Waals surface area contributed by atoms with Crippen LogP contribution in [-0.2, 0) is 9.47 Å².